The van der Waals surface area contributed by atoms with Crippen LogP contribution in [0.25, 0.3) is 0 Å². The third kappa shape index (κ3) is 3.52. The number of hydrogen-bond acceptors (Lipinski definition) is 2. The molecule has 0 saturated carbocycles. The van der Waals surface area contributed by atoms with Gasteiger partial charge in [-0.25, -0.2) is 4.39 Å². The molecule has 0 heterocycles. The lowest BCUT2D eigenvalue weighted by Crippen LogP contribution is -2.08. The molecule has 0 radical (unpaired) electrons. The third-order valence-electron chi connectivity index (χ3n) is 2.65. The second kappa shape index (κ2) is 5.74. The first kappa shape index (κ1) is 15.3. The maximum absolute atomic E-state index is 13.1. The van der Waals surface area contributed by atoms with Gasteiger partial charge in [-0.2, -0.15) is 18.4 Å². The topological polar surface area (TPSA) is 35.8 Å². The zero-order valence-electron chi connectivity index (χ0n) is 10.3. The summed E-state index contributed by atoms with van der Waals surface area (Å²) in [5.41, 5.74) is -0.898. The molecule has 1 N–H and O–H groups in total. The van der Waals surface area contributed by atoms with Gasteiger partial charge in [-0.3, -0.25) is 0 Å². The summed E-state index contributed by atoms with van der Waals surface area (Å²) in [6, 6.07) is 8.77. The van der Waals surface area contributed by atoms with Crippen molar-refractivity contribution in [2.45, 2.75) is 6.18 Å². The number of nitrogens with zero attached hydrogens (tertiary/aromatic N) is 1. The second-order valence-corrected chi connectivity index (χ2v) is 4.98. The van der Waals surface area contributed by atoms with Crippen LogP contribution in [0.1, 0.15) is 11.1 Å². The molecule has 2 nitrogen and oxygen atoms in total. The van der Waals surface area contributed by atoms with Gasteiger partial charge in [-0.1, -0.05) is 0 Å². The first-order chi connectivity index (χ1) is 9.81. The highest BCUT2D eigenvalue weighted by Crippen LogP contribution is 2.34. The van der Waals surface area contributed by atoms with E-state index in [4.69, 9.17) is 5.26 Å². The molecule has 7 heteroatoms. The van der Waals surface area contributed by atoms with E-state index < -0.39 is 23.1 Å². The molecule has 0 aliphatic carbocycles. The maximum atomic E-state index is 13.1. The molecular formula is C14H7BrF4N2. The minimum atomic E-state index is -4.62. The molecule has 0 aromatic heterocycles. The highest BCUT2D eigenvalue weighted by atomic mass is 79.9. The van der Waals surface area contributed by atoms with Gasteiger partial charge in [0.1, 0.15) is 5.82 Å². The number of nitrogens with one attached hydrogen (secondary N) is 1. The van der Waals surface area contributed by atoms with Crippen molar-refractivity contribution >= 4 is 27.3 Å². The minimum Gasteiger partial charge on any atom is -0.355 e. The first-order valence-electron chi connectivity index (χ1n) is 5.64. The molecule has 0 spiro atoms. The van der Waals surface area contributed by atoms with Crippen molar-refractivity contribution in [2.75, 3.05) is 5.32 Å². The van der Waals surface area contributed by atoms with Crippen LogP contribution in [-0.2, 0) is 6.18 Å². The van der Waals surface area contributed by atoms with Gasteiger partial charge in [0.2, 0.25) is 0 Å². The molecule has 0 saturated heterocycles. The minimum absolute atomic E-state index is 0.153. The highest BCUT2D eigenvalue weighted by molar-refractivity contribution is 9.10. The van der Waals surface area contributed by atoms with Gasteiger partial charge < -0.3 is 5.32 Å². The predicted octanol–water partition coefficient (Wildman–Crippen LogP) is 5.22. The van der Waals surface area contributed by atoms with E-state index in [0.29, 0.717) is 5.69 Å². The second-order valence-electron chi connectivity index (χ2n) is 4.12. The number of anilines is 2. The van der Waals surface area contributed by atoms with E-state index in [-0.39, 0.29) is 10.2 Å². The molecule has 2 aromatic rings. The number of hydrogen-bond donors (Lipinski definition) is 1. The molecule has 0 aliphatic rings. The number of alkyl halides is 3. The molecule has 0 fully saturated rings. The van der Waals surface area contributed by atoms with E-state index in [1.165, 1.54) is 30.3 Å². The fraction of sp³-hybridized carbons (Fsp3) is 0.0714. The lowest BCUT2D eigenvalue weighted by atomic mass is 10.1. The zero-order chi connectivity index (χ0) is 15.6. The van der Waals surface area contributed by atoms with Gasteiger partial charge in [-0.15, -0.1) is 0 Å². The van der Waals surface area contributed by atoms with Crippen LogP contribution in [-0.4, -0.2) is 0 Å². The number of rotatable bonds is 2. The van der Waals surface area contributed by atoms with Crippen LogP contribution in [0.4, 0.5) is 28.9 Å². The molecule has 2 rings (SSSR count). The Morgan fingerprint density at radius 1 is 1.05 bits per heavy atom. The van der Waals surface area contributed by atoms with E-state index in [1.807, 2.05) is 0 Å². The van der Waals surface area contributed by atoms with Crippen LogP contribution >= 0.6 is 15.9 Å². The summed E-state index contributed by atoms with van der Waals surface area (Å²) >= 11 is 2.99. The molecule has 0 atom stereocenters. The van der Waals surface area contributed by atoms with E-state index >= 15 is 0 Å². The third-order valence-corrected chi connectivity index (χ3v) is 3.26. The molecule has 0 bridgehead atoms. The van der Waals surface area contributed by atoms with Crippen molar-refractivity contribution in [1.29, 1.82) is 5.26 Å². The van der Waals surface area contributed by atoms with E-state index in [9.17, 15) is 17.6 Å². The van der Waals surface area contributed by atoms with Crippen LogP contribution in [0.15, 0.2) is 40.9 Å². The molecule has 0 amide bonds. The van der Waals surface area contributed by atoms with E-state index in [2.05, 4.69) is 21.2 Å². The van der Waals surface area contributed by atoms with E-state index in [0.717, 1.165) is 12.1 Å². The average molecular weight is 359 g/mol. The van der Waals surface area contributed by atoms with Crippen LogP contribution in [0.2, 0.25) is 0 Å². The predicted molar refractivity (Wildman–Crippen MR) is 73.5 cm³/mol. The summed E-state index contributed by atoms with van der Waals surface area (Å²) < 4.78 is 51.8. The van der Waals surface area contributed by atoms with Gasteiger partial charge in [0, 0.05) is 11.4 Å². The standard InChI is InChI=1S/C14H7BrF4N2/c15-12-6-10(3-4-13(12)16)21-9-2-1-8(7-20)11(5-9)14(17,18)19/h1-6,21H. The number of halogens is 5. The summed E-state index contributed by atoms with van der Waals surface area (Å²) in [4.78, 5) is 0. The fourth-order valence-corrected chi connectivity index (χ4v) is 2.07. The van der Waals surface area contributed by atoms with Crippen molar-refractivity contribution in [3.8, 4) is 6.07 Å². The summed E-state index contributed by atoms with van der Waals surface area (Å²) in [6.07, 6.45) is -4.62. The largest absolute Gasteiger partial charge is 0.417 e. The smallest absolute Gasteiger partial charge is 0.355 e. The lowest BCUT2D eigenvalue weighted by Gasteiger charge is -2.12. The SMILES string of the molecule is N#Cc1ccc(Nc2ccc(F)c(Br)c2)cc1C(F)(F)F. The van der Waals surface area contributed by atoms with Crippen LogP contribution < -0.4 is 5.32 Å². The Morgan fingerprint density at radius 2 is 1.67 bits per heavy atom. The first-order valence-corrected chi connectivity index (χ1v) is 6.44. The van der Waals surface area contributed by atoms with Crippen molar-refractivity contribution < 1.29 is 17.6 Å². The van der Waals surface area contributed by atoms with Crippen molar-refractivity contribution in [3.63, 3.8) is 0 Å². The molecule has 108 valence electrons. The van der Waals surface area contributed by atoms with Crippen LogP contribution in [0.5, 0.6) is 0 Å². The Labute approximate surface area is 126 Å². The number of benzene rings is 2. The van der Waals surface area contributed by atoms with Gasteiger partial charge in [0.15, 0.2) is 0 Å². The summed E-state index contributed by atoms with van der Waals surface area (Å²) in [5, 5.41) is 11.4. The molecule has 0 unspecified atom stereocenters. The Morgan fingerprint density at radius 3 is 2.24 bits per heavy atom. The molecule has 2 aromatic carbocycles. The Balaban J connectivity index is 2.37. The summed E-state index contributed by atoms with van der Waals surface area (Å²) in [6.45, 7) is 0. The van der Waals surface area contributed by atoms with Gasteiger partial charge in [-0.05, 0) is 52.3 Å². The lowest BCUT2D eigenvalue weighted by molar-refractivity contribution is -0.137. The van der Waals surface area contributed by atoms with Gasteiger partial charge >= 0.3 is 6.18 Å². The summed E-state index contributed by atoms with van der Waals surface area (Å²) in [5.74, 6) is -0.476. The van der Waals surface area contributed by atoms with Gasteiger partial charge in [0.25, 0.3) is 0 Å². The fourth-order valence-electron chi connectivity index (χ4n) is 1.69. The Bertz CT molecular complexity index is 720. The average Bonchev–Trinajstić information content (AvgIpc) is 2.42. The van der Waals surface area contributed by atoms with Crippen molar-refractivity contribution in [1.82, 2.24) is 0 Å². The van der Waals surface area contributed by atoms with Crippen molar-refractivity contribution in [3.05, 3.63) is 57.8 Å². The molecule has 21 heavy (non-hydrogen) atoms. The van der Waals surface area contributed by atoms with Gasteiger partial charge in [0.05, 0.1) is 21.7 Å². The molecular weight excluding hydrogens is 352 g/mol. The molecule has 0 aliphatic heterocycles. The Kier molecular flexibility index (Phi) is 4.19. The zero-order valence-corrected chi connectivity index (χ0v) is 11.9. The van der Waals surface area contributed by atoms with Crippen LogP contribution in [0, 0.1) is 17.1 Å². The van der Waals surface area contributed by atoms with Crippen LogP contribution in [0.3, 0.4) is 0 Å². The van der Waals surface area contributed by atoms with Crippen molar-refractivity contribution in [2.24, 2.45) is 0 Å². The Hall–Kier alpha value is -2.07. The normalized spacial score (nSPS) is 11.0. The quantitative estimate of drug-likeness (QED) is 0.746. The summed E-state index contributed by atoms with van der Waals surface area (Å²) in [7, 11) is 0. The van der Waals surface area contributed by atoms with E-state index in [1.54, 1.807) is 0 Å². The maximum Gasteiger partial charge on any atom is 0.417 e. The highest BCUT2D eigenvalue weighted by Gasteiger charge is 2.33. The monoisotopic (exact) mass is 358 g/mol. The number of nitriles is 1.